The molecular weight excluding hydrogens is 317 g/mol. The smallest absolute Gasteiger partial charge is 0.244 e. The van der Waals surface area contributed by atoms with Crippen LogP contribution in [-0.4, -0.2) is 39.0 Å². The van der Waals surface area contributed by atoms with E-state index in [1.165, 1.54) is 17.3 Å². The van der Waals surface area contributed by atoms with Crippen LogP contribution in [0.2, 0.25) is 5.02 Å². The summed E-state index contributed by atoms with van der Waals surface area (Å²) in [7, 11) is -3.69. The molecule has 2 aliphatic heterocycles. The molecule has 2 heterocycles. The maximum atomic E-state index is 13.5. The van der Waals surface area contributed by atoms with Gasteiger partial charge >= 0.3 is 0 Å². The minimum Gasteiger partial charge on any atom is -0.381 e. The van der Waals surface area contributed by atoms with Gasteiger partial charge in [0.2, 0.25) is 10.0 Å². The summed E-state index contributed by atoms with van der Waals surface area (Å²) in [6.45, 7) is 3.72. The van der Waals surface area contributed by atoms with Crippen LogP contribution in [0, 0.1) is 18.2 Å². The van der Waals surface area contributed by atoms with Crippen molar-refractivity contribution < 1.29 is 17.5 Å². The Bertz CT molecular complexity index is 671. The molecule has 0 bridgehead atoms. The van der Waals surface area contributed by atoms with E-state index in [0.717, 1.165) is 18.9 Å². The van der Waals surface area contributed by atoms with Crippen molar-refractivity contribution in [1.29, 1.82) is 0 Å². The van der Waals surface area contributed by atoms with Crippen LogP contribution in [-0.2, 0) is 14.8 Å². The molecule has 3 rings (SSSR count). The lowest BCUT2D eigenvalue weighted by atomic mass is 9.87. The molecular formula is C14H17ClFNO3S. The molecule has 0 N–H and O–H groups in total. The molecule has 7 heteroatoms. The first-order valence-electron chi connectivity index (χ1n) is 6.88. The average Bonchev–Trinajstić information content (AvgIpc) is 3.05. The topological polar surface area (TPSA) is 46.6 Å². The quantitative estimate of drug-likeness (QED) is 0.835. The molecule has 0 radical (unpaired) electrons. The number of rotatable bonds is 2. The van der Waals surface area contributed by atoms with E-state index in [0.29, 0.717) is 26.3 Å². The highest BCUT2D eigenvalue weighted by Gasteiger charge is 2.45. The lowest BCUT2D eigenvalue weighted by Crippen LogP contribution is -2.32. The van der Waals surface area contributed by atoms with Crippen molar-refractivity contribution in [2.45, 2.75) is 24.7 Å². The molecule has 21 heavy (non-hydrogen) atoms. The Hall–Kier alpha value is -0.690. The van der Waals surface area contributed by atoms with Crippen molar-refractivity contribution in [3.05, 3.63) is 28.5 Å². The number of benzene rings is 1. The standard InChI is InChI=1S/C14H17ClFNO3S/c1-10-6-13(11(15)7-12(10)16)21(18,19)17-4-2-14(8-17)3-5-20-9-14/h6-7H,2-5,8-9H2,1H3. The number of hydrogen-bond acceptors (Lipinski definition) is 3. The fourth-order valence-corrected chi connectivity index (χ4v) is 5.17. The highest BCUT2D eigenvalue weighted by molar-refractivity contribution is 7.89. The Morgan fingerprint density at radius 2 is 2.14 bits per heavy atom. The number of aryl methyl sites for hydroxylation is 1. The van der Waals surface area contributed by atoms with Crippen LogP contribution < -0.4 is 0 Å². The molecule has 0 aliphatic carbocycles. The summed E-state index contributed by atoms with van der Waals surface area (Å²) >= 11 is 5.95. The molecule has 1 spiro atoms. The van der Waals surface area contributed by atoms with Crippen molar-refractivity contribution >= 4 is 21.6 Å². The lowest BCUT2D eigenvalue weighted by Gasteiger charge is -2.22. The summed E-state index contributed by atoms with van der Waals surface area (Å²) in [4.78, 5) is -0.0148. The molecule has 0 saturated carbocycles. The van der Waals surface area contributed by atoms with Crippen LogP contribution in [0.5, 0.6) is 0 Å². The van der Waals surface area contributed by atoms with Gasteiger partial charge in [0.25, 0.3) is 0 Å². The molecule has 1 unspecified atom stereocenters. The van der Waals surface area contributed by atoms with Gasteiger partial charge in [-0.1, -0.05) is 11.6 Å². The van der Waals surface area contributed by atoms with Gasteiger partial charge in [0.15, 0.2) is 0 Å². The average molecular weight is 334 g/mol. The summed E-state index contributed by atoms with van der Waals surface area (Å²) in [5.41, 5.74) is 0.213. The molecule has 1 aromatic rings. The van der Waals surface area contributed by atoms with Crippen molar-refractivity contribution in [1.82, 2.24) is 4.31 Å². The van der Waals surface area contributed by atoms with Crippen molar-refractivity contribution in [2.24, 2.45) is 5.41 Å². The number of nitrogens with zero attached hydrogens (tertiary/aromatic N) is 1. The largest absolute Gasteiger partial charge is 0.381 e. The van der Waals surface area contributed by atoms with Gasteiger partial charge < -0.3 is 4.74 Å². The highest BCUT2D eigenvalue weighted by atomic mass is 35.5. The third-order valence-electron chi connectivity index (χ3n) is 4.42. The van der Waals surface area contributed by atoms with Crippen LogP contribution in [0.15, 0.2) is 17.0 Å². The van der Waals surface area contributed by atoms with Crippen LogP contribution in [0.25, 0.3) is 0 Å². The summed E-state index contributed by atoms with van der Waals surface area (Å²) in [5, 5.41) is -0.0679. The second-order valence-corrected chi connectivity index (χ2v) is 8.24. The third kappa shape index (κ3) is 2.59. The van der Waals surface area contributed by atoms with Crippen molar-refractivity contribution in [3.8, 4) is 0 Å². The molecule has 2 fully saturated rings. The van der Waals surface area contributed by atoms with Crippen LogP contribution in [0.4, 0.5) is 4.39 Å². The molecule has 116 valence electrons. The maximum Gasteiger partial charge on any atom is 0.244 e. The monoisotopic (exact) mass is 333 g/mol. The summed E-state index contributed by atoms with van der Waals surface area (Å²) < 4.78 is 45.8. The Balaban J connectivity index is 1.93. The van der Waals surface area contributed by atoms with Crippen molar-refractivity contribution in [3.63, 3.8) is 0 Å². The molecule has 1 aromatic carbocycles. The highest BCUT2D eigenvalue weighted by Crippen LogP contribution is 2.41. The van der Waals surface area contributed by atoms with E-state index in [-0.39, 0.29) is 20.9 Å². The Kier molecular flexibility index (Phi) is 3.76. The van der Waals surface area contributed by atoms with Gasteiger partial charge in [-0.3, -0.25) is 0 Å². The Labute approximate surface area is 128 Å². The normalized spacial score (nSPS) is 26.8. The van der Waals surface area contributed by atoms with Gasteiger partial charge in [-0.15, -0.1) is 0 Å². The summed E-state index contributed by atoms with van der Waals surface area (Å²) in [6, 6.07) is 2.37. The maximum absolute atomic E-state index is 13.5. The zero-order chi connectivity index (χ0) is 15.3. The summed E-state index contributed by atoms with van der Waals surface area (Å²) in [5.74, 6) is -0.499. The number of sulfonamides is 1. The predicted octanol–water partition coefficient (Wildman–Crippen LogP) is 2.59. The number of halogens is 2. The molecule has 2 saturated heterocycles. The van der Waals surface area contributed by atoms with E-state index < -0.39 is 15.8 Å². The molecule has 0 aromatic heterocycles. The summed E-state index contributed by atoms with van der Waals surface area (Å²) in [6.07, 6.45) is 1.68. The first-order valence-corrected chi connectivity index (χ1v) is 8.69. The van der Waals surface area contributed by atoms with E-state index >= 15 is 0 Å². The fourth-order valence-electron chi connectivity index (χ4n) is 3.04. The second-order valence-electron chi connectivity index (χ2n) is 5.92. The van der Waals surface area contributed by atoms with E-state index in [1.807, 2.05) is 0 Å². The van der Waals surface area contributed by atoms with Gasteiger partial charge in [-0.05, 0) is 37.5 Å². The molecule has 2 aliphatic rings. The number of hydrogen-bond donors (Lipinski definition) is 0. The van der Waals surface area contributed by atoms with Crippen LogP contribution in [0.3, 0.4) is 0 Å². The SMILES string of the molecule is Cc1cc(S(=O)(=O)N2CCC3(CCOC3)C2)c(Cl)cc1F. The van der Waals surface area contributed by atoms with Gasteiger partial charge in [0.05, 0.1) is 11.6 Å². The van der Waals surface area contributed by atoms with Crippen LogP contribution in [0.1, 0.15) is 18.4 Å². The van der Waals surface area contributed by atoms with E-state index in [1.54, 1.807) is 0 Å². The first kappa shape index (κ1) is 15.2. The molecule has 4 nitrogen and oxygen atoms in total. The van der Waals surface area contributed by atoms with E-state index in [4.69, 9.17) is 16.3 Å². The molecule has 1 atom stereocenters. The van der Waals surface area contributed by atoms with Gasteiger partial charge in [0, 0.05) is 25.1 Å². The van der Waals surface area contributed by atoms with Gasteiger partial charge in [0.1, 0.15) is 10.7 Å². The zero-order valence-electron chi connectivity index (χ0n) is 11.7. The van der Waals surface area contributed by atoms with Gasteiger partial charge in [-0.25, -0.2) is 12.8 Å². The minimum atomic E-state index is -3.69. The van der Waals surface area contributed by atoms with E-state index in [9.17, 15) is 12.8 Å². The van der Waals surface area contributed by atoms with Gasteiger partial charge in [-0.2, -0.15) is 4.31 Å². The molecule has 0 amide bonds. The predicted molar refractivity (Wildman–Crippen MR) is 77.4 cm³/mol. The fraction of sp³-hybridized carbons (Fsp3) is 0.571. The number of ether oxygens (including phenoxy) is 1. The van der Waals surface area contributed by atoms with Crippen LogP contribution >= 0.6 is 11.6 Å². The van der Waals surface area contributed by atoms with E-state index in [2.05, 4.69) is 0 Å². The van der Waals surface area contributed by atoms with Crippen molar-refractivity contribution in [2.75, 3.05) is 26.3 Å². The lowest BCUT2D eigenvalue weighted by molar-refractivity contribution is 0.157. The minimum absolute atomic E-state index is 0.0148. The zero-order valence-corrected chi connectivity index (χ0v) is 13.3. The third-order valence-corrected chi connectivity index (χ3v) is 6.73. The Morgan fingerprint density at radius 1 is 1.38 bits per heavy atom. The second kappa shape index (κ2) is 5.19. The first-order chi connectivity index (χ1) is 9.84. The Morgan fingerprint density at radius 3 is 2.81 bits per heavy atom.